The number of aliphatic hydroxyl groups is 1. The SMILES string of the molecule is Cc1ccc(NC(=O)NC(C)(C)CO)cc1F. The summed E-state index contributed by atoms with van der Waals surface area (Å²) in [6.45, 7) is 4.83. The maximum absolute atomic E-state index is 13.2. The van der Waals surface area contributed by atoms with Gasteiger partial charge in [0.15, 0.2) is 0 Å². The molecule has 1 aromatic carbocycles. The summed E-state index contributed by atoms with van der Waals surface area (Å²) in [7, 11) is 0. The molecule has 5 heteroatoms. The molecule has 2 amide bonds. The molecule has 0 heterocycles. The number of hydrogen-bond donors (Lipinski definition) is 3. The number of aryl methyl sites for hydroxylation is 1. The first-order valence-electron chi connectivity index (χ1n) is 5.30. The van der Waals surface area contributed by atoms with Crippen molar-refractivity contribution in [1.82, 2.24) is 5.32 Å². The van der Waals surface area contributed by atoms with Crippen LogP contribution < -0.4 is 10.6 Å². The molecule has 0 saturated carbocycles. The largest absolute Gasteiger partial charge is 0.394 e. The molecule has 1 rings (SSSR count). The van der Waals surface area contributed by atoms with Gasteiger partial charge in [-0.3, -0.25) is 0 Å². The number of halogens is 1. The first-order chi connectivity index (χ1) is 7.84. The smallest absolute Gasteiger partial charge is 0.319 e. The van der Waals surface area contributed by atoms with Crippen LogP contribution in [0.1, 0.15) is 19.4 Å². The Morgan fingerprint density at radius 2 is 2.12 bits per heavy atom. The van der Waals surface area contributed by atoms with E-state index in [0.29, 0.717) is 11.3 Å². The number of rotatable bonds is 3. The Labute approximate surface area is 99.8 Å². The van der Waals surface area contributed by atoms with Crippen LogP contribution in [-0.4, -0.2) is 23.3 Å². The predicted molar refractivity (Wildman–Crippen MR) is 64.5 cm³/mol. The molecule has 4 nitrogen and oxygen atoms in total. The van der Waals surface area contributed by atoms with Crippen molar-refractivity contribution in [2.45, 2.75) is 26.3 Å². The van der Waals surface area contributed by atoms with Crippen molar-refractivity contribution in [2.75, 3.05) is 11.9 Å². The fourth-order valence-corrected chi connectivity index (χ4v) is 1.18. The molecule has 0 aliphatic rings. The molecule has 0 fully saturated rings. The minimum absolute atomic E-state index is 0.178. The number of amides is 2. The highest BCUT2D eigenvalue weighted by Gasteiger charge is 2.18. The molecule has 0 atom stereocenters. The van der Waals surface area contributed by atoms with Crippen LogP contribution in [0.3, 0.4) is 0 Å². The molecule has 3 N–H and O–H groups in total. The molecule has 0 spiro atoms. The minimum Gasteiger partial charge on any atom is -0.394 e. The molecule has 0 bridgehead atoms. The fourth-order valence-electron chi connectivity index (χ4n) is 1.18. The Morgan fingerprint density at radius 1 is 1.47 bits per heavy atom. The summed E-state index contributed by atoms with van der Waals surface area (Å²) in [5, 5.41) is 14.1. The van der Waals surface area contributed by atoms with Crippen LogP contribution in [0.5, 0.6) is 0 Å². The third-order valence-electron chi connectivity index (χ3n) is 2.28. The predicted octanol–water partition coefficient (Wildman–Crippen LogP) is 2.03. The van der Waals surface area contributed by atoms with Crippen LogP contribution in [0.4, 0.5) is 14.9 Å². The van der Waals surface area contributed by atoms with Crippen LogP contribution in [0, 0.1) is 12.7 Å². The van der Waals surface area contributed by atoms with E-state index in [1.807, 2.05) is 0 Å². The number of carbonyl (C=O) groups excluding carboxylic acids is 1. The summed E-state index contributed by atoms with van der Waals surface area (Å²) in [5.41, 5.74) is 0.179. The Hall–Kier alpha value is -1.62. The Balaban J connectivity index is 2.65. The topological polar surface area (TPSA) is 61.4 Å². The van der Waals surface area contributed by atoms with E-state index < -0.39 is 11.6 Å². The standard InChI is InChI=1S/C12H17FN2O2/c1-8-4-5-9(6-10(8)13)14-11(17)15-12(2,3)7-16/h4-6,16H,7H2,1-3H3,(H2,14,15,17). The molecule has 94 valence electrons. The van der Waals surface area contributed by atoms with Crippen molar-refractivity contribution in [3.63, 3.8) is 0 Å². The van der Waals surface area contributed by atoms with E-state index in [1.54, 1.807) is 32.9 Å². The van der Waals surface area contributed by atoms with Gasteiger partial charge in [-0.2, -0.15) is 0 Å². The van der Waals surface area contributed by atoms with Gasteiger partial charge in [0.1, 0.15) is 5.82 Å². The quantitative estimate of drug-likeness (QED) is 0.757. The molecule has 0 unspecified atom stereocenters. The third-order valence-corrected chi connectivity index (χ3v) is 2.28. The van der Waals surface area contributed by atoms with Gasteiger partial charge in [-0.25, -0.2) is 9.18 Å². The van der Waals surface area contributed by atoms with Gasteiger partial charge in [-0.1, -0.05) is 6.07 Å². The highest BCUT2D eigenvalue weighted by Crippen LogP contribution is 2.13. The minimum atomic E-state index is -0.715. The lowest BCUT2D eigenvalue weighted by atomic mass is 10.1. The second-order valence-corrected chi connectivity index (χ2v) is 4.59. The van der Waals surface area contributed by atoms with Gasteiger partial charge in [0.05, 0.1) is 12.1 Å². The normalized spacial score (nSPS) is 11.1. The molecule has 0 aromatic heterocycles. The summed E-state index contributed by atoms with van der Waals surface area (Å²) < 4.78 is 13.2. The van der Waals surface area contributed by atoms with Crippen molar-refractivity contribution >= 4 is 11.7 Å². The van der Waals surface area contributed by atoms with Gasteiger partial charge in [0, 0.05) is 5.69 Å². The molecule has 0 aliphatic heterocycles. The number of carbonyl (C=O) groups is 1. The van der Waals surface area contributed by atoms with Gasteiger partial charge in [-0.15, -0.1) is 0 Å². The van der Waals surface area contributed by atoms with Crippen molar-refractivity contribution in [3.05, 3.63) is 29.6 Å². The zero-order valence-electron chi connectivity index (χ0n) is 10.2. The van der Waals surface area contributed by atoms with Crippen LogP contribution in [-0.2, 0) is 0 Å². The van der Waals surface area contributed by atoms with Crippen LogP contribution in [0.2, 0.25) is 0 Å². The number of urea groups is 1. The molecule has 0 aliphatic carbocycles. The van der Waals surface area contributed by atoms with Crippen LogP contribution >= 0.6 is 0 Å². The summed E-state index contributed by atoms with van der Waals surface area (Å²) >= 11 is 0. The fraction of sp³-hybridized carbons (Fsp3) is 0.417. The van der Waals surface area contributed by atoms with Gasteiger partial charge < -0.3 is 15.7 Å². The van der Waals surface area contributed by atoms with Crippen molar-refractivity contribution < 1.29 is 14.3 Å². The average Bonchev–Trinajstić information content (AvgIpc) is 2.23. The summed E-state index contributed by atoms with van der Waals surface area (Å²) in [6, 6.07) is 3.97. The van der Waals surface area contributed by atoms with Crippen molar-refractivity contribution in [3.8, 4) is 0 Å². The Bertz CT molecular complexity index is 419. The van der Waals surface area contributed by atoms with Gasteiger partial charge in [0.2, 0.25) is 0 Å². The van der Waals surface area contributed by atoms with E-state index in [4.69, 9.17) is 5.11 Å². The van der Waals surface area contributed by atoms with Crippen molar-refractivity contribution in [2.24, 2.45) is 0 Å². The van der Waals surface area contributed by atoms with Gasteiger partial charge >= 0.3 is 6.03 Å². The Kier molecular flexibility index (Phi) is 4.07. The number of aliphatic hydroxyl groups excluding tert-OH is 1. The zero-order valence-corrected chi connectivity index (χ0v) is 10.2. The van der Waals surface area contributed by atoms with E-state index in [9.17, 15) is 9.18 Å². The lowest BCUT2D eigenvalue weighted by molar-refractivity contribution is 0.187. The lowest BCUT2D eigenvalue weighted by Crippen LogP contribution is -2.48. The first kappa shape index (κ1) is 13.4. The number of nitrogens with one attached hydrogen (secondary N) is 2. The van der Waals surface area contributed by atoms with E-state index in [0.717, 1.165) is 0 Å². The molecule has 1 aromatic rings. The summed E-state index contributed by atoms with van der Waals surface area (Å²) in [6.07, 6.45) is 0. The maximum Gasteiger partial charge on any atom is 0.319 e. The first-order valence-corrected chi connectivity index (χ1v) is 5.30. The molecule has 0 saturated heterocycles. The average molecular weight is 240 g/mol. The molecule has 0 radical (unpaired) electrons. The highest BCUT2D eigenvalue weighted by atomic mass is 19.1. The van der Waals surface area contributed by atoms with Crippen LogP contribution in [0.15, 0.2) is 18.2 Å². The lowest BCUT2D eigenvalue weighted by Gasteiger charge is -2.23. The summed E-state index contributed by atoms with van der Waals surface area (Å²) in [4.78, 5) is 11.5. The molecular weight excluding hydrogens is 223 g/mol. The summed E-state index contributed by atoms with van der Waals surface area (Å²) in [5.74, 6) is -0.371. The van der Waals surface area contributed by atoms with E-state index in [-0.39, 0.29) is 12.4 Å². The molecule has 17 heavy (non-hydrogen) atoms. The zero-order chi connectivity index (χ0) is 13.1. The number of hydrogen-bond acceptors (Lipinski definition) is 2. The third kappa shape index (κ3) is 4.03. The van der Waals surface area contributed by atoms with Gasteiger partial charge in [-0.05, 0) is 38.5 Å². The van der Waals surface area contributed by atoms with E-state index in [2.05, 4.69) is 10.6 Å². The number of benzene rings is 1. The van der Waals surface area contributed by atoms with Crippen molar-refractivity contribution in [1.29, 1.82) is 0 Å². The van der Waals surface area contributed by atoms with E-state index >= 15 is 0 Å². The Morgan fingerprint density at radius 3 is 2.65 bits per heavy atom. The second-order valence-electron chi connectivity index (χ2n) is 4.59. The monoisotopic (exact) mass is 240 g/mol. The second kappa shape index (κ2) is 5.14. The molecular formula is C12H17FN2O2. The maximum atomic E-state index is 13.2. The highest BCUT2D eigenvalue weighted by molar-refractivity contribution is 5.89. The number of anilines is 1. The van der Waals surface area contributed by atoms with Crippen LogP contribution in [0.25, 0.3) is 0 Å². The van der Waals surface area contributed by atoms with E-state index in [1.165, 1.54) is 6.07 Å². The van der Waals surface area contributed by atoms with Gasteiger partial charge in [0.25, 0.3) is 0 Å².